The summed E-state index contributed by atoms with van der Waals surface area (Å²) >= 11 is 0. The summed E-state index contributed by atoms with van der Waals surface area (Å²) in [6, 6.07) is 26.5. The molecule has 1 aliphatic rings. The maximum Gasteiger partial charge on any atom is 0.140 e. The summed E-state index contributed by atoms with van der Waals surface area (Å²) in [6.45, 7) is 6.88. The first kappa shape index (κ1) is 21.3. The van der Waals surface area contributed by atoms with Gasteiger partial charge in [-0.05, 0) is 67.3 Å². The van der Waals surface area contributed by atoms with Gasteiger partial charge in [-0.25, -0.2) is 0 Å². The molecule has 3 aromatic rings. The van der Waals surface area contributed by atoms with Crippen molar-refractivity contribution in [1.29, 1.82) is 0 Å². The molecule has 4 rings (SSSR count). The highest BCUT2D eigenvalue weighted by molar-refractivity contribution is 5.85. The van der Waals surface area contributed by atoms with Gasteiger partial charge < -0.3 is 4.74 Å². The minimum Gasteiger partial charge on any atom is -0.457 e. The number of hydrogen-bond acceptors (Lipinski definition) is 3. The van der Waals surface area contributed by atoms with Crippen LogP contribution in [-0.2, 0) is 17.8 Å². The third kappa shape index (κ3) is 5.42. The number of aryl methyl sites for hydroxylation is 2. The van der Waals surface area contributed by atoms with Crippen LogP contribution in [0.3, 0.4) is 0 Å². The number of hydrogen-bond donors (Lipinski definition) is 0. The number of benzene rings is 3. The first-order valence-corrected chi connectivity index (χ1v) is 11.1. The number of para-hydroxylation sites is 1. The van der Waals surface area contributed by atoms with E-state index in [1.165, 1.54) is 16.7 Å². The van der Waals surface area contributed by atoms with Crippen LogP contribution in [0.1, 0.15) is 36.5 Å². The molecule has 0 aliphatic carbocycles. The van der Waals surface area contributed by atoms with Gasteiger partial charge in [0, 0.05) is 24.9 Å². The van der Waals surface area contributed by atoms with E-state index in [9.17, 15) is 4.79 Å². The fraction of sp³-hybridized carbons (Fsp3) is 0.321. The maximum absolute atomic E-state index is 13.1. The fourth-order valence-electron chi connectivity index (χ4n) is 4.45. The van der Waals surface area contributed by atoms with Gasteiger partial charge in [-0.1, -0.05) is 61.5 Å². The summed E-state index contributed by atoms with van der Waals surface area (Å²) in [7, 11) is 0. The van der Waals surface area contributed by atoms with Crippen LogP contribution in [0.15, 0.2) is 78.9 Å². The molecule has 0 amide bonds. The SMILES string of the molecule is Cc1ccccc1CCC(=O)C1(C)CCN(Cc2cccc(Oc3ccccc3)c2)C1. The Labute approximate surface area is 185 Å². The van der Waals surface area contributed by atoms with Crippen LogP contribution in [-0.4, -0.2) is 23.8 Å². The van der Waals surface area contributed by atoms with Crippen LogP contribution in [0.5, 0.6) is 11.5 Å². The molecule has 3 aromatic carbocycles. The summed E-state index contributed by atoms with van der Waals surface area (Å²) in [5, 5.41) is 0. The molecule has 0 radical (unpaired) electrons. The molecular weight excluding hydrogens is 382 g/mol. The quantitative estimate of drug-likeness (QED) is 0.440. The second kappa shape index (κ2) is 9.49. The molecule has 1 fully saturated rings. The number of likely N-dealkylation sites (tertiary alicyclic amines) is 1. The molecule has 1 saturated heterocycles. The smallest absolute Gasteiger partial charge is 0.140 e. The molecular formula is C28H31NO2. The first-order chi connectivity index (χ1) is 15.0. The monoisotopic (exact) mass is 413 g/mol. The molecule has 1 atom stereocenters. The summed E-state index contributed by atoms with van der Waals surface area (Å²) in [4.78, 5) is 15.5. The molecule has 3 nitrogen and oxygen atoms in total. The van der Waals surface area contributed by atoms with Gasteiger partial charge in [0.1, 0.15) is 17.3 Å². The molecule has 1 heterocycles. The summed E-state index contributed by atoms with van der Waals surface area (Å²) in [5.74, 6) is 2.08. The van der Waals surface area contributed by atoms with Gasteiger partial charge in [0.05, 0.1) is 0 Å². The molecule has 0 N–H and O–H groups in total. The van der Waals surface area contributed by atoms with E-state index in [0.29, 0.717) is 12.2 Å². The number of Topliss-reactive ketones (excluding diaryl/α,β-unsaturated/α-hetero) is 1. The van der Waals surface area contributed by atoms with E-state index in [1.54, 1.807) is 0 Å². The van der Waals surface area contributed by atoms with E-state index in [4.69, 9.17) is 4.74 Å². The van der Waals surface area contributed by atoms with Gasteiger partial charge in [-0.3, -0.25) is 9.69 Å². The minimum absolute atomic E-state index is 0.249. The van der Waals surface area contributed by atoms with Crippen molar-refractivity contribution in [3.63, 3.8) is 0 Å². The lowest BCUT2D eigenvalue weighted by Crippen LogP contribution is -2.32. The maximum atomic E-state index is 13.1. The van der Waals surface area contributed by atoms with E-state index in [1.807, 2.05) is 42.5 Å². The van der Waals surface area contributed by atoms with Crippen molar-refractivity contribution in [2.75, 3.05) is 13.1 Å². The molecule has 0 aromatic heterocycles. The van der Waals surface area contributed by atoms with Crippen LogP contribution in [0.4, 0.5) is 0 Å². The molecule has 3 heteroatoms. The molecule has 160 valence electrons. The Hall–Kier alpha value is -2.91. The van der Waals surface area contributed by atoms with Crippen LogP contribution in [0.25, 0.3) is 0 Å². The molecule has 1 unspecified atom stereocenters. The highest BCUT2D eigenvalue weighted by atomic mass is 16.5. The molecule has 0 saturated carbocycles. The van der Waals surface area contributed by atoms with Crippen molar-refractivity contribution >= 4 is 5.78 Å². The lowest BCUT2D eigenvalue weighted by Gasteiger charge is -2.24. The Morgan fingerprint density at radius 2 is 1.71 bits per heavy atom. The zero-order chi connectivity index (χ0) is 21.7. The van der Waals surface area contributed by atoms with E-state index >= 15 is 0 Å². The Balaban J connectivity index is 1.33. The lowest BCUT2D eigenvalue weighted by molar-refractivity contribution is -0.127. The Morgan fingerprint density at radius 1 is 0.968 bits per heavy atom. The van der Waals surface area contributed by atoms with Gasteiger partial charge in [-0.15, -0.1) is 0 Å². The van der Waals surface area contributed by atoms with Crippen molar-refractivity contribution in [2.24, 2.45) is 5.41 Å². The van der Waals surface area contributed by atoms with Crippen molar-refractivity contribution in [3.05, 3.63) is 95.6 Å². The average molecular weight is 414 g/mol. The topological polar surface area (TPSA) is 29.5 Å². The molecule has 1 aliphatic heterocycles. The Morgan fingerprint density at radius 3 is 2.52 bits per heavy atom. The zero-order valence-corrected chi connectivity index (χ0v) is 18.5. The third-order valence-electron chi connectivity index (χ3n) is 6.39. The third-order valence-corrected chi connectivity index (χ3v) is 6.39. The van der Waals surface area contributed by atoms with Crippen molar-refractivity contribution in [2.45, 2.75) is 39.7 Å². The van der Waals surface area contributed by atoms with Gasteiger partial charge >= 0.3 is 0 Å². The summed E-state index contributed by atoms with van der Waals surface area (Å²) in [5.41, 5.74) is 3.52. The highest BCUT2D eigenvalue weighted by Gasteiger charge is 2.39. The highest BCUT2D eigenvalue weighted by Crippen LogP contribution is 2.34. The van der Waals surface area contributed by atoms with Gasteiger partial charge in [0.2, 0.25) is 0 Å². The van der Waals surface area contributed by atoms with Crippen LogP contribution in [0, 0.1) is 12.3 Å². The summed E-state index contributed by atoms with van der Waals surface area (Å²) in [6.07, 6.45) is 2.38. The van der Waals surface area contributed by atoms with Crippen LogP contribution in [0.2, 0.25) is 0 Å². The Bertz CT molecular complexity index is 1030. The van der Waals surface area contributed by atoms with E-state index < -0.39 is 0 Å². The largest absolute Gasteiger partial charge is 0.457 e. The van der Waals surface area contributed by atoms with Crippen LogP contribution < -0.4 is 4.74 Å². The number of ether oxygens (including phenoxy) is 1. The molecule has 0 bridgehead atoms. The minimum atomic E-state index is -0.249. The fourth-order valence-corrected chi connectivity index (χ4v) is 4.45. The van der Waals surface area contributed by atoms with Crippen molar-refractivity contribution in [1.82, 2.24) is 4.90 Å². The second-order valence-electron chi connectivity index (χ2n) is 8.93. The normalized spacial score (nSPS) is 18.8. The van der Waals surface area contributed by atoms with Gasteiger partial charge in [-0.2, -0.15) is 0 Å². The van der Waals surface area contributed by atoms with Crippen molar-refractivity contribution < 1.29 is 9.53 Å². The first-order valence-electron chi connectivity index (χ1n) is 11.1. The molecule has 0 spiro atoms. The average Bonchev–Trinajstić information content (AvgIpc) is 3.15. The van der Waals surface area contributed by atoms with E-state index in [-0.39, 0.29) is 5.41 Å². The number of nitrogens with zero attached hydrogens (tertiary/aromatic N) is 1. The van der Waals surface area contributed by atoms with E-state index in [2.05, 4.69) is 55.1 Å². The lowest BCUT2D eigenvalue weighted by atomic mass is 9.82. The zero-order valence-electron chi connectivity index (χ0n) is 18.5. The second-order valence-corrected chi connectivity index (χ2v) is 8.93. The number of ketones is 1. The number of rotatable bonds is 8. The molecule has 31 heavy (non-hydrogen) atoms. The van der Waals surface area contributed by atoms with Crippen LogP contribution >= 0.6 is 0 Å². The Kier molecular flexibility index (Phi) is 6.53. The van der Waals surface area contributed by atoms with E-state index in [0.717, 1.165) is 44.0 Å². The van der Waals surface area contributed by atoms with Gasteiger partial charge in [0.15, 0.2) is 0 Å². The van der Waals surface area contributed by atoms with Gasteiger partial charge in [0.25, 0.3) is 0 Å². The standard InChI is InChI=1S/C28H31NO2/c1-22-9-6-7-11-24(22)15-16-27(30)28(2)17-18-29(21-28)20-23-10-8-14-26(19-23)31-25-12-4-3-5-13-25/h3-14,19H,15-18,20-21H2,1-2H3. The number of carbonyl (C=O) groups excluding carboxylic acids is 1. The summed E-state index contributed by atoms with van der Waals surface area (Å²) < 4.78 is 5.97. The predicted octanol–water partition coefficient (Wildman–Crippen LogP) is 6.20. The number of carbonyl (C=O) groups is 1. The predicted molar refractivity (Wildman–Crippen MR) is 125 cm³/mol. The van der Waals surface area contributed by atoms with Crippen molar-refractivity contribution in [3.8, 4) is 11.5 Å².